The van der Waals surface area contributed by atoms with Gasteiger partial charge in [-0.2, -0.15) is 0 Å². The first-order valence-corrected chi connectivity index (χ1v) is 5.86. The highest BCUT2D eigenvalue weighted by molar-refractivity contribution is 6.16. The van der Waals surface area contributed by atoms with Gasteiger partial charge in [-0.3, -0.25) is 0 Å². The molecule has 0 N–H and O–H groups in total. The zero-order chi connectivity index (χ0) is 10.7. The van der Waals surface area contributed by atoms with Crippen molar-refractivity contribution in [2.24, 2.45) is 0 Å². The van der Waals surface area contributed by atoms with Crippen LogP contribution in [0.5, 0.6) is 0 Å². The molecule has 0 bridgehead atoms. The molecule has 2 atom stereocenters. The third-order valence-corrected chi connectivity index (χ3v) is 3.27. The SMILES string of the molecule is COC1CCCC(n2cc(CCl)nn2)C1. The van der Waals surface area contributed by atoms with Gasteiger partial charge < -0.3 is 4.74 Å². The van der Waals surface area contributed by atoms with Gasteiger partial charge in [-0.1, -0.05) is 5.21 Å². The summed E-state index contributed by atoms with van der Waals surface area (Å²) in [5.41, 5.74) is 0.844. The Morgan fingerprint density at radius 2 is 2.47 bits per heavy atom. The van der Waals surface area contributed by atoms with E-state index in [1.165, 1.54) is 6.42 Å². The minimum absolute atomic E-state index is 0.368. The Balaban J connectivity index is 2.03. The quantitative estimate of drug-likeness (QED) is 0.746. The Labute approximate surface area is 94.6 Å². The normalized spacial score (nSPS) is 26.8. The van der Waals surface area contributed by atoms with E-state index in [1.54, 1.807) is 7.11 Å². The van der Waals surface area contributed by atoms with E-state index in [4.69, 9.17) is 16.3 Å². The number of hydrogen-bond donors (Lipinski definition) is 0. The summed E-state index contributed by atoms with van der Waals surface area (Å²) in [5.74, 6) is 0.431. The Morgan fingerprint density at radius 3 is 3.13 bits per heavy atom. The molecule has 0 amide bonds. The van der Waals surface area contributed by atoms with Crippen molar-refractivity contribution in [1.29, 1.82) is 0 Å². The zero-order valence-corrected chi connectivity index (χ0v) is 9.65. The Kier molecular flexibility index (Phi) is 3.59. The lowest BCUT2D eigenvalue weighted by atomic mass is 9.93. The molecule has 1 aromatic rings. The van der Waals surface area contributed by atoms with Crippen LogP contribution in [-0.4, -0.2) is 28.2 Å². The average Bonchev–Trinajstić information content (AvgIpc) is 2.78. The van der Waals surface area contributed by atoms with Crippen molar-refractivity contribution in [3.05, 3.63) is 11.9 Å². The molecule has 5 heteroatoms. The second-order valence-electron chi connectivity index (χ2n) is 4.00. The standard InChI is InChI=1S/C10H16ClN3O/c1-15-10-4-2-3-9(5-10)14-7-8(6-11)12-13-14/h7,9-10H,2-6H2,1H3. The number of ether oxygens (including phenoxy) is 1. The third-order valence-electron chi connectivity index (χ3n) is 3.00. The Hall–Kier alpha value is -0.610. The predicted molar refractivity (Wildman–Crippen MR) is 57.9 cm³/mol. The van der Waals surface area contributed by atoms with Crippen LogP contribution in [0.15, 0.2) is 6.20 Å². The van der Waals surface area contributed by atoms with E-state index >= 15 is 0 Å². The molecule has 1 heterocycles. The number of nitrogens with zero attached hydrogens (tertiary/aromatic N) is 3. The van der Waals surface area contributed by atoms with Crippen LogP contribution in [0.4, 0.5) is 0 Å². The highest BCUT2D eigenvalue weighted by Crippen LogP contribution is 2.29. The largest absolute Gasteiger partial charge is 0.381 e. The number of halogens is 1. The molecule has 1 aliphatic rings. The molecule has 0 aliphatic heterocycles. The first-order chi connectivity index (χ1) is 7.33. The lowest BCUT2D eigenvalue weighted by Crippen LogP contribution is -2.24. The average molecular weight is 230 g/mol. The summed E-state index contributed by atoms with van der Waals surface area (Å²) in [6, 6.07) is 0.424. The van der Waals surface area contributed by atoms with E-state index in [1.807, 2.05) is 10.9 Å². The monoisotopic (exact) mass is 229 g/mol. The van der Waals surface area contributed by atoms with Gasteiger partial charge in [0.2, 0.25) is 0 Å². The van der Waals surface area contributed by atoms with Crippen molar-refractivity contribution in [3.8, 4) is 0 Å². The summed E-state index contributed by atoms with van der Waals surface area (Å²) >= 11 is 5.69. The van der Waals surface area contributed by atoms with Crippen molar-refractivity contribution >= 4 is 11.6 Å². The molecule has 1 aliphatic carbocycles. The summed E-state index contributed by atoms with van der Waals surface area (Å²) in [7, 11) is 1.78. The smallest absolute Gasteiger partial charge is 0.0974 e. The fourth-order valence-electron chi connectivity index (χ4n) is 2.13. The van der Waals surface area contributed by atoms with Gasteiger partial charge in [-0.05, 0) is 25.7 Å². The van der Waals surface area contributed by atoms with Crippen LogP contribution in [0.2, 0.25) is 0 Å². The fourth-order valence-corrected chi connectivity index (χ4v) is 2.25. The van der Waals surface area contributed by atoms with Crippen LogP contribution in [-0.2, 0) is 10.6 Å². The van der Waals surface area contributed by atoms with Crippen molar-refractivity contribution < 1.29 is 4.74 Å². The molecule has 1 saturated carbocycles. The summed E-state index contributed by atoms with van der Waals surface area (Å²) in [6.07, 6.45) is 6.85. The third kappa shape index (κ3) is 2.49. The van der Waals surface area contributed by atoms with Gasteiger partial charge in [0, 0.05) is 13.3 Å². The second-order valence-corrected chi connectivity index (χ2v) is 4.27. The summed E-state index contributed by atoms with van der Waals surface area (Å²) < 4.78 is 7.32. The van der Waals surface area contributed by atoms with Gasteiger partial charge in [0.15, 0.2) is 0 Å². The van der Waals surface area contributed by atoms with E-state index in [-0.39, 0.29) is 0 Å². The van der Waals surface area contributed by atoms with Crippen LogP contribution in [0.1, 0.15) is 37.4 Å². The number of alkyl halides is 1. The van der Waals surface area contributed by atoms with Crippen LogP contribution in [0.3, 0.4) is 0 Å². The van der Waals surface area contributed by atoms with Gasteiger partial charge >= 0.3 is 0 Å². The van der Waals surface area contributed by atoms with E-state index in [0.29, 0.717) is 18.0 Å². The van der Waals surface area contributed by atoms with Gasteiger partial charge in [0.25, 0.3) is 0 Å². The molecule has 1 aromatic heterocycles. The lowest BCUT2D eigenvalue weighted by molar-refractivity contribution is 0.0504. The molecule has 2 unspecified atom stereocenters. The van der Waals surface area contributed by atoms with Crippen molar-refractivity contribution in [2.45, 2.75) is 43.7 Å². The van der Waals surface area contributed by atoms with E-state index in [9.17, 15) is 0 Å². The van der Waals surface area contributed by atoms with E-state index in [0.717, 1.165) is 25.0 Å². The maximum absolute atomic E-state index is 5.69. The second kappa shape index (κ2) is 4.94. The van der Waals surface area contributed by atoms with Crippen LogP contribution in [0, 0.1) is 0 Å². The molecule has 0 radical (unpaired) electrons. The topological polar surface area (TPSA) is 39.9 Å². The minimum atomic E-state index is 0.368. The summed E-state index contributed by atoms with van der Waals surface area (Å²) in [6.45, 7) is 0. The highest BCUT2D eigenvalue weighted by atomic mass is 35.5. The van der Waals surface area contributed by atoms with Crippen LogP contribution < -0.4 is 0 Å². The Morgan fingerprint density at radius 1 is 1.60 bits per heavy atom. The predicted octanol–water partition coefficient (Wildman–Crippen LogP) is 2.15. The number of rotatable bonds is 3. The van der Waals surface area contributed by atoms with Gasteiger partial charge in [-0.15, -0.1) is 16.7 Å². The molecule has 2 rings (SSSR count). The highest BCUT2D eigenvalue weighted by Gasteiger charge is 2.23. The summed E-state index contributed by atoms with van der Waals surface area (Å²) in [5, 5.41) is 8.11. The molecular weight excluding hydrogens is 214 g/mol. The first-order valence-electron chi connectivity index (χ1n) is 5.33. The van der Waals surface area contributed by atoms with Gasteiger partial charge in [0.1, 0.15) is 0 Å². The molecular formula is C10H16ClN3O. The van der Waals surface area contributed by atoms with Crippen molar-refractivity contribution in [3.63, 3.8) is 0 Å². The molecule has 15 heavy (non-hydrogen) atoms. The van der Waals surface area contributed by atoms with Gasteiger partial charge in [-0.25, -0.2) is 4.68 Å². The van der Waals surface area contributed by atoms with Crippen LogP contribution >= 0.6 is 11.6 Å². The lowest BCUT2D eigenvalue weighted by Gasteiger charge is -2.27. The van der Waals surface area contributed by atoms with E-state index < -0.39 is 0 Å². The number of hydrogen-bond acceptors (Lipinski definition) is 3. The first kappa shape index (κ1) is 10.9. The van der Waals surface area contributed by atoms with Gasteiger partial charge in [0.05, 0.1) is 23.7 Å². The van der Waals surface area contributed by atoms with Crippen molar-refractivity contribution in [2.75, 3.05) is 7.11 Å². The van der Waals surface area contributed by atoms with Crippen LogP contribution in [0.25, 0.3) is 0 Å². The molecule has 84 valence electrons. The maximum Gasteiger partial charge on any atom is 0.0974 e. The molecule has 1 fully saturated rings. The molecule has 0 aromatic carbocycles. The molecule has 0 spiro atoms. The van der Waals surface area contributed by atoms with E-state index in [2.05, 4.69) is 10.3 Å². The fraction of sp³-hybridized carbons (Fsp3) is 0.800. The maximum atomic E-state index is 5.69. The van der Waals surface area contributed by atoms with Crippen molar-refractivity contribution in [1.82, 2.24) is 15.0 Å². The number of aromatic nitrogens is 3. The molecule has 0 saturated heterocycles. The molecule has 4 nitrogen and oxygen atoms in total. The minimum Gasteiger partial charge on any atom is -0.381 e. The number of methoxy groups -OCH3 is 1. The Bertz CT molecular complexity index is 315. The zero-order valence-electron chi connectivity index (χ0n) is 8.90. The summed E-state index contributed by atoms with van der Waals surface area (Å²) in [4.78, 5) is 0.